The summed E-state index contributed by atoms with van der Waals surface area (Å²) >= 11 is 12.0. The van der Waals surface area contributed by atoms with Crippen LogP contribution in [0.3, 0.4) is 0 Å². The van der Waals surface area contributed by atoms with Gasteiger partial charge in [-0.05, 0) is 24.6 Å². The minimum atomic E-state index is 0.309. The molecule has 1 heterocycles. The number of methoxy groups -OCH3 is 1. The molecule has 6 heteroatoms. The van der Waals surface area contributed by atoms with E-state index < -0.39 is 0 Å². The minimum absolute atomic E-state index is 0.309. The van der Waals surface area contributed by atoms with Gasteiger partial charge < -0.3 is 10.1 Å². The summed E-state index contributed by atoms with van der Waals surface area (Å²) in [5.74, 6) is 1.13. The van der Waals surface area contributed by atoms with Crippen molar-refractivity contribution in [2.24, 2.45) is 0 Å². The van der Waals surface area contributed by atoms with E-state index in [2.05, 4.69) is 15.3 Å². The molecule has 1 aromatic heterocycles. The molecule has 4 nitrogen and oxygen atoms in total. The van der Waals surface area contributed by atoms with E-state index in [0.717, 1.165) is 11.3 Å². The average Bonchev–Trinajstić information content (AvgIpc) is 2.33. The normalized spacial score (nSPS) is 10.5. The molecule has 100 valence electrons. The maximum Gasteiger partial charge on any atom is 0.158 e. The Kier molecular flexibility index (Phi) is 4.58. The molecule has 0 saturated carbocycles. The third-order valence-corrected chi connectivity index (χ3v) is 3.06. The molecule has 2 aromatic rings. The third kappa shape index (κ3) is 3.80. The quantitative estimate of drug-likeness (QED) is 0.867. The van der Waals surface area contributed by atoms with Crippen LogP contribution in [0.2, 0.25) is 10.2 Å². The van der Waals surface area contributed by atoms with Crippen molar-refractivity contribution in [2.45, 2.75) is 13.5 Å². The summed E-state index contributed by atoms with van der Waals surface area (Å²) in [6.07, 6.45) is 0. The maximum atomic E-state index is 6.07. The highest BCUT2D eigenvalue weighted by molar-refractivity contribution is 6.31. The van der Waals surface area contributed by atoms with Gasteiger partial charge >= 0.3 is 0 Å². The van der Waals surface area contributed by atoms with Gasteiger partial charge in [0.15, 0.2) is 5.82 Å². The van der Waals surface area contributed by atoms with Crippen molar-refractivity contribution in [3.8, 4) is 0 Å². The molecule has 1 N–H and O–H groups in total. The summed E-state index contributed by atoms with van der Waals surface area (Å²) in [4.78, 5) is 8.36. The lowest BCUT2D eigenvalue weighted by atomic mass is 10.2. The van der Waals surface area contributed by atoms with Crippen molar-refractivity contribution < 1.29 is 4.74 Å². The summed E-state index contributed by atoms with van der Waals surface area (Å²) in [5, 5.41) is 4.20. The van der Waals surface area contributed by atoms with Crippen LogP contribution in [0, 0.1) is 6.92 Å². The van der Waals surface area contributed by atoms with Gasteiger partial charge in [0, 0.05) is 23.9 Å². The van der Waals surface area contributed by atoms with Crippen molar-refractivity contribution >= 4 is 34.7 Å². The molecular formula is C13H13Cl2N3O. The molecule has 0 aliphatic rings. The highest BCUT2D eigenvalue weighted by Gasteiger charge is 2.04. The summed E-state index contributed by atoms with van der Waals surface area (Å²) < 4.78 is 4.99. The smallest absolute Gasteiger partial charge is 0.158 e. The van der Waals surface area contributed by atoms with Gasteiger partial charge in [-0.1, -0.05) is 29.3 Å². The molecule has 0 unspecified atom stereocenters. The number of hydrogen-bond acceptors (Lipinski definition) is 4. The lowest BCUT2D eigenvalue weighted by molar-refractivity contribution is 0.178. The number of rotatable bonds is 4. The summed E-state index contributed by atoms with van der Waals surface area (Å²) in [6.45, 7) is 2.26. The van der Waals surface area contributed by atoms with Gasteiger partial charge in [-0.2, -0.15) is 0 Å². The highest BCUT2D eigenvalue weighted by atomic mass is 35.5. The Morgan fingerprint density at radius 2 is 2.00 bits per heavy atom. The predicted molar refractivity (Wildman–Crippen MR) is 77.2 cm³/mol. The van der Waals surface area contributed by atoms with E-state index in [1.807, 2.05) is 25.1 Å². The van der Waals surface area contributed by atoms with Crippen LogP contribution in [0.5, 0.6) is 0 Å². The first-order valence-electron chi connectivity index (χ1n) is 5.64. The Labute approximate surface area is 121 Å². The van der Waals surface area contributed by atoms with Crippen LogP contribution in [0.4, 0.5) is 11.5 Å². The van der Waals surface area contributed by atoms with E-state index in [9.17, 15) is 0 Å². The van der Waals surface area contributed by atoms with Crippen LogP contribution in [0.15, 0.2) is 24.3 Å². The van der Waals surface area contributed by atoms with E-state index in [4.69, 9.17) is 27.9 Å². The van der Waals surface area contributed by atoms with Crippen LogP contribution in [-0.2, 0) is 11.3 Å². The zero-order chi connectivity index (χ0) is 13.8. The Bertz CT molecular complexity index is 590. The van der Waals surface area contributed by atoms with Gasteiger partial charge in [-0.3, -0.25) is 0 Å². The standard InChI is InChI=1S/C13H13Cl2N3O/c1-8-3-4-9(5-10(8)14)16-12-6-11(15)17-13(18-12)7-19-2/h3-6H,7H2,1-2H3,(H,16,17,18). The SMILES string of the molecule is COCc1nc(Cl)cc(Nc2ccc(C)c(Cl)c2)n1. The van der Waals surface area contributed by atoms with Crippen LogP contribution < -0.4 is 5.32 Å². The molecule has 0 aliphatic heterocycles. The van der Waals surface area contributed by atoms with Gasteiger partial charge in [0.05, 0.1) is 0 Å². The van der Waals surface area contributed by atoms with Gasteiger partial charge in [-0.25, -0.2) is 9.97 Å². The molecule has 0 saturated heterocycles. The molecule has 19 heavy (non-hydrogen) atoms. The third-order valence-electron chi connectivity index (χ3n) is 2.46. The maximum absolute atomic E-state index is 6.07. The van der Waals surface area contributed by atoms with E-state index in [-0.39, 0.29) is 0 Å². The second-order valence-electron chi connectivity index (χ2n) is 4.01. The van der Waals surface area contributed by atoms with Crippen LogP contribution in [-0.4, -0.2) is 17.1 Å². The zero-order valence-corrected chi connectivity index (χ0v) is 12.1. The lowest BCUT2D eigenvalue weighted by Gasteiger charge is -2.09. The summed E-state index contributed by atoms with van der Waals surface area (Å²) in [7, 11) is 1.58. The van der Waals surface area contributed by atoms with Crippen LogP contribution in [0.1, 0.15) is 11.4 Å². The van der Waals surface area contributed by atoms with Crippen LogP contribution >= 0.6 is 23.2 Å². The Balaban J connectivity index is 2.24. The Hall–Kier alpha value is -1.36. The van der Waals surface area contributed by atoms with Gasteiger partial charge in [0.25, 0.3) is 0 Å². The van der Waals surface area contributed by atoms with Crippen molar-refractivity contribution in [1.29, 1.82) is 0 Å². The molecule has 0 radical (unpaired) electrons. The molecule has 0 fully saturated rings. The lowest BCUT2D eigenvalue weighted by Crippen LogP contribution is -2.01. The second kappa shape index (κ2) is 6.19. The van der Waals surface area contributed by atoms with E-state index >= 15 is 0 Å². The highest BCUT2D eigenvalue weighted by Crippen LogP contribution is 2.23. The molecule has 0 amide bonds. The van der Waals surface area contributed by atoms with Crippen LogP contribution in [0.25, 0.3) is 0 Å². The Morgan fingerprint density at radius 3 is 2.68 bits per heavy atom. The monoisotopic (exact) mass is 297 g/mol. The number of aromatic nitrogens is 2. The minimum Gasteiger partial charge on any atom is -0.377 e. The van der Waals surface area contributed by atoms with Crippen molar-refractivity contribution in [2.75, 3.05) is 12.4 Å². The Morgan fingerprint density at radius 1 is 1.21 bits per heavy atom. The molecule has 0 bridgehead atoms. The van der Waals surface area contributed by atoms with Crippen molar-refractivity contribution in [3.05, 3.63) is 45.8 Å². The van der Waals surface area contributed by atoms with Gasteiger partial charge in [-0.15, -0.1) is 0 Å². The van der Waals surface area contributed by atoms with Gasteiger partial charge in [0.1, 0.15) is 17.6 Å². The molecule has 0 atom stereocenters. The number of hydrogen-bond donors (Lipinski definition) is 1. The van der Waals surface area contributed by atoms with Crippen molar-refractivity contribution in [1.82, 2.24) is 9.97 Å². The molecule has 2 rings (SSSR count). The number of benzene rings is 1. The molecule has 0 aliphatic carbocycles. The zero-order valence-electron chi connectivity index (χ0n) is 10.6. The fourth-order valence-electron chi connectivity index (χ4n) is 1.54. The fraction of sp³-hybridized carbons (Fsp3) is 0.231. The van der Waals surface area contributed by atoms with E-state index in [1.54, 1.807) is 13.2 Å². The topological polar surface area (TPSA) is 47.0 Å². The van der Waals surface area contributed by atoms with E-state index in [1.165, 1.54) is 0 Å². The number of ether oxygens (including phenoxy) is 1. The fourth-order valence-corrected chi connectivity index (χ4v) is 1.92. The molecular weight excluding hydrogens is 285 g/mol. The second-order valence-corrected chi connectivity index (χ2v) is 4.81. The number of anilines is 2. The van der Waals surface area contributed by atoms with Crippen molar-refractivity contribution in [3.63, 3.8) is 0 Å². The van der Waals surface area contributed by atoms with Gasteiger partial charge in [0.2, 0.25) is 0 Å². The summed E-state index contributed by atoms with van der Waals surface area (Å²) in [6, 6.07) is 7.34. The number of aryl methyl sites for hydroxylation is 1. The average molecular weight is 298 g/mol. The first-order valence-corrected chi connectivity index (χ1v) is 6.39. The first-order chi connectivity index (χ1) is 9.08. The number of halogens is 2. The molecule has 0 spiro atoms. The number of nitrogens with one attached hydrogen (secondary N) is 1. The largest absolute Gasteiger partial charge is 0.377 e. The first kappa shape index (κ1) is 14.1. The number of nitrogens with zero attached hydrogens (tertiary/aromatic N) is 2. The summed E-state index contributed by atoms with van der Waals surface area (Å²) in [5.41, 5.74) is 1.86. The molecule has 1 aromatic carbocycles. The predicted octanol–water partition coefficient (Wildman–Crippen LogP) is 3.98. The van der Waals surface area contributed by atoms with E-state index in [0.29, 0.717) is 28.4 Å².